The molecule has 0 spiro atoms. The second kappa shape index (κ2) is 4.12. The number of piperazine rings is 1. The fourth-order valence-corrected chi connectivity index (χ4v) is 2.59. The smallest absolute Gasteiger partial charge is 0.348 e. The number of rotatable bonds is 0. The first kappa shape index (κ1) is 12.3. The van der Waals surface area contributed by atoms with Crippen molar-refractivity contribution in [2.24, 2.45) is 0 Å². The van der Waals surface area contributed by atoms with Gasteiger partial charge in [0, 0.05) is 19.6 Å². The molecule has 1 atom stereocenters. The molecule has 1 aromatic rings. The molecule has 0 aliphatic carbocycles. The largest absolute Gasteiger partial charge is 0.418 e. The van der Waals surface area contributed by atoms with E-state index in [4.69, 9.17) is 0 Å². The van der Waals surface area contributed by atoms with E-state index >= 15 is 0 Å². The Morgan fingerprint density at radius 3 is 2.84 bits per heavy atom. The van der Waals surface area contributed by atoms with Crippen LogP contribution in [0.15, 0.2) is 18.2 Å². The van der Waals surface area contributed by atoms with Gasteiger partial charge in [0.1, 0.15) is 6.17 Å². The predicted molar refractivity (Wildman–Crippen MR) is 62.9 cm³/mol. The molecule has 0 aromatic heterocycles. The Balaban J connectivity index is 2.17. The molecule has 2 aliphatic heterocycles. The van der Waals surface area contributed by atoms with Crippen molar-refractivity contribution in [1.82, 2.24) is 10.6 Å². The number of hydrogen-bond acceptors (Lipinski definition) is 3. The molecule has 0 radical (unpaired) electrons. The van der Waals surface area contributed by atoms with Gasteiger partial charge in [0.05, 0.1) is 16.8 Å². The monoisotopic (exact) mass is 271 g/mol. The van der Waals surface area contributed by atoms with Crippen molar-refractivity contribution in [3.05, 3.63) is 29.3 Å². The highest BCUT2D eigenvalue weighted by Crippen LogP contribution is 2.40. The predicted octanol–water partition coefficient (Wildman–Crippen LogP) is 1.18. The Morgan fingerprint density at radius 2 is 2.11 bits per heavy atom. The van der Waals surface area contributed by atoms with Crippen LogP contribution in [-0.4, -0.2) is 31.7 Å². The SMILES string of the molecule is O=C1NC2CNCCN2c2c1cccc2C(F)(F)F. The first-order chi connectivity index (χ1) is 8.98. The highest BCUT2D eigenvalue weighted by molar-refractivity contribution is 6.02. The van der Waals surface area contributed by atoms with Crippen molar-refractivity contribution in [2.75, 3.05) is 24.5 Å². The fraction of sp³-hybridized carbons (Fsp3) is 0.417. The molecule has 2 aliphatic rings. The lowest BCUT2D eigenvalue weighted by Crippen LogP contribution is -2.62. The summed E-state index contributed by atoms with van der Waals surface area (Å²) in [6.45, 7) is 1.47. The van der Waals surface area contributed by atoms with Crippen LogP contribution >= 0.6 is 0 Å². The Hall–Kier alpha value is -1.76. The van der Waals surface area contributed by atoms with E-state index in [0.717, 1.165) is 6.07 Å². The molecular formula is C12H12F3N3O. The Labute approximate surface area is 107 Å². The Morgan fingerprint density at radius 1 is 1.32 bits per heavy atom. The van der Waals surface area contributed by atoms with Crippen LogP contribution in [0.2, 0.25) is 0 Å². The number of nitrogens with one attached hydrogen (secondary N) is 2. The van der Waals surface area contributed by atoms with Gasteiger partial charge in [-0.2, -0.15) is 13.2 Å². The summed E-state index contributed by atoms with van der Waals surface area (Å²) in [6, 6.07) is 3.72. The first-order valence-electron chi connectivity index (χ1n) is 5.97. The van der Waals surface area contributed by atoms with Gasteiger partial charge in [-0.1, -0.05) is 6.07 Å². The number of benzene rings is 1. The molecule has 0 saturated carbocycles. The molecule has 19 heavy (non-hydrogen) atoms. The average molecular weight is 271 g/mol. The van der Waals surface area contributed by atoms with Gasteiger partial charge in [-0.3, -0.25) is 4.79 Å². The van der Waals surface area contributed by atoms with Gasteiger partial charge in [0.25, 0.3) is 5.91 Å². The van der Waals surface area contributed by atoms with Crippen LogP contribution in [0.5, 0.6) is 0 Å². The van der Waals surface area contributed by atoms with Crippen molar-refractivity contribution < 1.29 is 18.0 Å². The van der Waals surface area contributed by atoms with Crippen LogP contribution in [-0.2, 0) is 6.18 Å². The number of carbonyl (C=O) groups excluding carboxylic acids is 1. The average Bonchev–Trinajstić information content (AvgIpc) is 2.37. The number of hydrogen-bond donors (Lipinski definition) is 2. The van der Waals surface area contributed by atoms with Gasteiger partial charge < -0.3 is 15.5 Å². The lowest BCUT2D eigenvalue weighted by molar-refractivity contribution is -0.137. The fourth-order valence-electron chi connectivity index (χ4n) is 2.59. The van der Waals surface area contributed by atoms with Crippen LogP contribution in [0.4, 0.5) is 18.9 Å². The zero-order chi connectivity index (χ0) is 13.6. The van der Waals surface area contributed by atoms with Crippen LogP contribution in [0.25, 0.3) is 0 Å². The van der Waals surface area contributed by atoms with Crippen molar-refractivity contribution >= 4 is 11.6 Å². The topological polar surface area (TPSA) is 44.4 Å². The zero-order valence-corrected chi connectivity index (χ0v) is 9.92. The summed E-state index contributed by atoms with van der Waals surface area (Å²) in [6.07, 6.45) is -4.88. The molecule has 1 saturated heterocycles. The molecule has 4 nitrogen and oxygen atoms in total. The van der Waals surface area contributed by atoms with Crippen LogP contribution in [0.3, 0.4) is 0 Å². The van der Waals surface area contributed by atoms with Gasteiger partial charge in [-0.05, 0) is 12.1 Å². The number of para-hydroxylation sites is 1. The van der Waals surface area contributed by atoms with Crippen LogP contribution in [0, 0.1) is 0 Å². The minimum absolute atomic E-state index is 0.00486. The van der Waals surface area contributed by atoms with E-state index in [1.54, 1.807) is 4.90 Å². The van der Waals surface area contributed by atoms with E-state index in [-0.39, 0.29) is 11.3 Å². The summed E-state index contributed by atoms with van der Waals surface area (Å²) in [5, 5.41) is 5.77. The molecule has 102 valence electrons. The third kappa shape index (κ3) is 1.94. The molecule has 3 rings (SSSR count). The number of anilines is 1. The summed E-state index contributed by atoms with van der Waals surface area (Å²) in [4.78, 5) is 13.5. The number of halogens is 3. The maximum absolute atomic E-state index is 13.1. The molecule has 1 amide bonds. The maximum Gasteiger partial charge on any atom is 0.418 e. The number of nitrogens with zero attached hydrogens (tertiary/aromatic N) is 1. The van der Waals surface area contributed by atoms with Crippen LogP contribution < -0.4 is 15.5 Å². The van der Waals surface area contributed by atoms with E-state index in [9.17, 15) is 18.0 Å². The van der Waals surface area contributed by atoms with E-state index in [1.165, 1.54) is 12.1 Å². The van der Waals surface area contributed by atoms with Crippen molar-refractivity contribution in [3.8, 4) is 0 Å². The number of alkyl halides is 3. The third-order valence-corrected chi connectivity index (χ3v) is 3.41. The number of amides is 1. The van der Waals surface area contributed by atoms with E-state index in [1.807, 2.05) is 0 Å². The molecule has 0 bridgehead atoms. The minimum atomic E-state index is -4.46. The highest BCUT2D eigenvalue weighted by Gasteiger charge is 2.41. The molecule has 1 unspecified atom stereocenters. The lowest BCUT2D eigenvalue weighted by atomic mass is 10.0. The lowest BCUT2D eigenvalue weighted by Gasteiger charge is -2.43. The molecule has 1 aromatic carbocycles. The second-order valence-electron chi connectivity index (χ2n) is 4.59. The van der Waals surface area contributed by atoms with E-state index in [2.05, 4.69) is 10.6 Å². The van der Waals surface area contributed by atoms with Crippen molar-refractivity contribution in [2.45, 2.75) is 12.3 Å². The van der Waals surface area contributed by atoms with Crippen molar-refractivity contribution in [1.29, 1.82) is 0 Å². The van der Waals surface area contributed by atoms with E-state index < -0.39 is 23.8 Å². The van der Waals surface area contributed by atoms with Crippen molar-refractivity contribution in [3.63, 3.8) is 0 Å². The maximum atomic E-state index is 13.1. The number of fused-ring (bicyclic) bond motifs is 3. The summed E-state index contributed by atoms with van der Waals surface area (Å²) in [5.41, 5.74) is -0.648. The Kier molecular flexibility index (Phi) is 2.67. The third-order valence-electron chi connectivity index (χ3n) is 3.41. The minimum Gasteiger partial charge on any atom is -0.348 e. The second-order valence-corrected chi connectivity index (χ2v) is 4.59. The summed E-state index contributed by atoms with van der Waals surface area (Å²) in [7, 11) is 0. The summed E-state index contributed by atoms with van der Waals surface area (Å²) < 4.78 is 39.3. The van der Waals surface area contributed by atoms with Gasteiger partial charge in [-0.15, -0.1) is 0 Å². The van der Waals surface area contributed by atoms with E-state index in [0.29, 0.717) is 19.6 Å². The highest BCUT2D eigenvalue weighted by atomic mass is 19.4. The van der Waals surface area contributed by atoms with Gasteiger partial charge in [-0.25, -0.2) is 0 Å². The van der Waals surface area contributed by atoms with Gasteiger partial charge in [0.15, 0.2) is 0 Å². The quantitative estimate of drug-likeness (QED) is 0.745. The number of carbonyl (C=O) groups is 1. The van der Waals surface area contributed by atoms with Crippen LogP contribution in [0.1, 0.15) is 15.9 Å². The summed E-state index contributed by atoms with van der Waals surface area (Å²) in [5.74, 6) is -0.453. The standard InChI is InChI=1S/C12H12F3N3O/c13-12(14,15)8-3-1-2-7-10(8)18-5-4-16-6-9(18)17-11(7)19/h1-3,9,16H,4-6H2,(H,17,19). The first-order valence-corrected chi connectivity index (χ1v) is 5.97. The molecule has 2 N–H and O–H groups in total. The Bertz CT molecular complexity index is 529. The molecule has 2 heterocycles. The normalized spacial score (nSPS) is 22.6. The molecule has 1 fully saturated rings. The zero-order valence-electron chi connectivity index (χ0n) is 9.92. The molecule has 7 heteroatoms. The molecular weight excluding hydrogens is 259 g/mol. The van der Waals surface area contributed by atoms with Gasteiger partial charge in [0.2, 0.25) is 0 Å². The van der Waals surface area contributed by atoms with Gasteiger partial charge >= 0.3 is 6.18 Å². The summed E-state index contributed by atoms with van der Waals surface area (Å²) >= 11 is 0.